The van der Waals surface area contributed by atoms with Crippen LogP contribution in [-0.4, -0.2) is 71.7 Å². The number of methoxy groups -OCH3 is 1. The van der Waals surface area contributed by atoms with Gasteiger partial charge in [-0.15, -0.1) is 0 Å². The van der Waals surface area contributed by atoms with Gasteiger partial charge in [-0.2, -0.15) is 0 Å². The van der Waals surface area contributed by atoms with Crippen molar-refractivity contribution in [3.8, 4) is 17.0 Å². The summed E-state index contributed by atoms with van der Waals surface area (Å²) in [5.41, 5.74) is 3.48. The third-order valence-corrected chi connectivity index (χ3v) is 5.41. The Morgan fingerprint density at radius 2 is 1.97 bits per heavy atom. The van der Waals surface area contributed by atoms with Crippen LogP contribution >= 0.6 is 0 Å². The van der Waals surface area contributed by atoms with Crippen molar-refractivity contribution >= 4 is 5.91 Å². The van der Waals surface area contributed by atoms with E-state index in [1.54, 1.807) is 24.4 Å². The molecule has 168 valence electrons. The number of benzene rings is 1. The van der Waals surface area contributed by atoms with Crippen molar-refractivity contribution in [1.29, 1.82) is 0 Å². The van der Waals surface area contributed by atoms with Gasteiger partial charge >= 0.3 is 0 Å². The molecule has 0 saturated carbocycles. The van der Waals surface area contributed by atoms with Crippen molar-refractivity contribution in [2.45, 2.75) is 19.6 Å². The second-order valence-corrected chi connectivity index (χ2v) is 7.93. The van der Waals surface area contributed by atoms with Gasteiger partial charge in [-0.3, -0.25) is 14.8 Å². The maximum atomic E-state index is 13.3. The van der Waals surface area contributed by atoms with Crippen LogP contribution in [0.2, 0.25) is 0 Å². The van der Waals surface area contributed by atoms with Gasteiger partial charge in [0, 0.05) is 36.6 Å². The van der Waals surface area contributed by atoms with E-state index in [2.05, 4.69) is 15.1 Å². The summed E-state index contributed by atoms with van der Waals surface area (Å²) in [6.45, 7) is 3.63. The Labute approximate surface area is 187 Å². The molecule has 1 fully saturated rings. The van der Waals surface area contributed by atoms with Crippen LogP contribution < -0.4 is 4.74 Å². The highest BCUT2D eigenvalue weighted by molar-refractivity contribution is 5.94. The first-order chi connectivity index (χ1) is 15.5. The van der Waals surface area contributed by atoms with E-state index in [1.807, 2.05) is 50.2 Å². The quantitative estimate of drug-likeness (QED) is 0.581. The highest BCUT2D eigenvalue weighted by Gasteiger charge is 2.32. The Morgan fingerprint density at radius 1 is 1.22 bits per heavy atom. The first-order valence-corrected chi connectivity index (χ1v) is 10.4. The van der Waals surface area contributed by atoms with E-state index < -0.39 is 6.10 Å². The molecule has 3 heterocycles. The molecule has 0 N–H and O–H groups in total. The molecular formula is C23H27N5O4. The van der Waals surface area contributed by atoms with Crippen LogP contribution in [0.25, 0.3) is 11.3 Å². The van der Waals surface area contributed by atoms with E-state index in [0.29, 0.717) is 43.4 Å². The van der Waals surface area contributed by atoms with Crippen LogP contribution in [0.4, 0.5) is 0 Å². The molecule has 1 aromatic carbocycles. The number of hydrogen-bond acceptors (Lipinski definition) is 8. The van der Waals surface area contributed by atoms with Gasteiger partial charge in [0.1, 0.15) is 17.6 Å². The zero-order valence-electron chi connectivity index (χ0n) is 18.7. The van der Waals surface area contributed by atoms with Crippen molar-refractivity contribution in [3.05, 3.63) is 59.4 Å². The van der Waals surface area contributed by atoms with Crippen molar-refractivity contribution < 1.29 is 18.8 Å². The number of hydrogen-bond donors (Lipinski definition) is 0. The Kier molecular flexibility index (Phi) is 6.48. The summed E-state index contributed by atoms with van der Waals surface area (Å²) in [5, 5.41) is 4.05. The molecule has 9 nitrogen and oxygen atoms in total. The minimum atomic E-state index is -0.399. The molecule has 3 aromatic rings. The normalized spacial score (nSPS) is 16.4. The predicted octanol–water partition coefficient (Wildman–Crippen LogP) is 2.72. The van der Waals surface area contributed by atoms with Crippen molar-refractivity contribution in [3.63, 3.8) is 0 Å². The number of amides is 1. The number of carbonyl (C=O) groups excluding carboxylic acids is 1. The predicted molar refractivity (Wildman–Crippen MR) is 117 cm³/mol. The minimum Gasteiger partial charge on any atom is -0.497 e. The van der Waals surface area contributed by atoms with E-state index in [1.165, 1.54) is 0 Å². The van der Waals surface area contributed by atoms with Crippen LogP contribution in [-0.2, 0) is 11.3 Å². The van der Waals surface area contributed by atoms with E-state index >= 15 is 0 Å². The molecule has 0 spiro atoms. The van der Waals surface area contributed by atoms with Crippen LogP contribution in [0.5, 0.6) is 5.75 Å². The van der Waals surface area contributed by atoms with Crippen molar-refractivity contribution in [1.82, 2.24) is 24.9 Å². The Balaban J connectivity index is 1.58. The minimum absolute atomic E-state index is 0.165. The first kappa shape index (κ1) is 21.9. The van der Waals surface area contributed by atoms with Gasteiger partial charge in [-0.05, 0) is 45.3 Å². The lowest BCUT2D eigenvalue weighted by atomic mass is 10.0. The zero-order chi connectivity index (χ0) is 22.7. The first-order valence-electron chi connectivity index (χ1n) is 10.4. The highest BCUT2D eigenvalue weighted by Crippen LogP contribution is 2.30. The number of ether oxygens (including phenoxy) is 2. The summed E-state index contributed by atoms with van der Waals surface area (Å²) >= 11 is 0. The van der Waals surface area contributed by atoms with E-state index in [4.69, 9.17) is 14.0 Å². The molecule has 0 radical (unpaired) electrons. The number of morpholine rings is 1. The fourth-order valence-electron chi connectivity index (χ4n) is 3.77. The van der Waals surface area contributed by atoms with E-state index in [9.17, 15) is 4.79 Å². The van der Waals surface area contributed by atoms with Crippen molar-refractivity contribution in [2.24, 2.45) is 0 Å². The second kappa shape index (κ2) is 9.46. The Bertz CT molecular complexity index is 1080. The molecule has 32 heavy (non-hydrogen) atoms. The summed E-state index contributed by atoms with van der Waals surface area (Å²) in [6, 6.07) is 7.63. The molecule has 9 heteroatoms. The molecule has 0 aliphatic carbocycles. The average molecular weight is 438 g/mol. The lowest BCUT2D eigenvalue weighted by Gasteiger charge is -2.33. The lowest BCUT2D eigenvalue weighted by Crippen LogP contribution is -2.43. The summed E-state index contributed by atoms with van der Waals surface area (Å²) in [5.74, 6) is 1.26. The fraction of sp³-hybridized carbons (Fsp3) is 0.391. The fourth-order valence-corrected chi connectivity index (χ4v) is 3.77. The van der Waals surface area contributed by atoms with Gasteiger partial charge in [-0.25, -0.2) is 0 Å². The Hall–Kier alpha value is -3.30. The molecule has 1 aliphatic heterocycles. The van der Waals surface area contributed by atoms with Gasteiger partial charge in [0.25, 0.3) is 5.91 Å². The van der Waals surface area contributed by atoms with Gasteiger partial charge in [0.15, 0.2) is 5.69 Å². The third-order valence-electron chi connectivity index (χ3n) is 5.41. The second-order valence-electron chi connectivity index (χ2n) is 7.93. The summed E-state index contributed by atoms with van der Waals surface area (Å²) in [7, 11) is 5.52. The van der Waals surface area contributed by atoms with Gasteiger partial charge in [0.05, 0.1) is 31.6 Å². The molecule has 4 rings (SSSR count). The summed E-state index contributed by atoms with van der Waals surface area (Å²) in [6.07, 6.45) is 2.90. The van der Waals surface area contributed by atoms with Crippen LogP contribution in [0.1, 0.15) is 33.6 Å². The molecule has 1 atom stereocenters. The van der Waals surface area contributed by atoms with Gasteiger partial charge in [-0.1, -0.05) is 5.16 Å². The highest BCUT2D eigenvalue weighted by atomic mass is 16.5. The molecule has 1 aliphatic rings. The van der Waals surface area contributed by atoms with E-state index in [0.717, 1.165) is 22.6 Å². The summed E-state index contributed by atoms with van der Waals surface area (Å²) < 4.78 is 16.6. The maximum absolute atomic E-state index is 13.3. The molecule has 1 saturated heterocycles. The monoisotopic (exact) mass is 437 g/mol. The number of rotatable bonds is 6. The molecule has 1 unspecified atom stereocenters. The number of aryl methyl sites for hydroxylation is 1. The van der Waals surface area contributed by atoms with Gasteiger partial charge in [0.2, 0.25) is 0 Å². The molecule has 2 aromatic heterocycles. The average Bonchev–Trinajstić information content (AvgIpc) is 3.18. The number of aromatic nitrogens is 3. The Morgan fingerprint density at radius 3 is 2.69 bits per heavy atom. The van der Waals surface area contributed by atoms with Crippen LogP contribution in [0.15, 0.2) is 41.2 Å². The molecular weight excluding hydrogens is 410 g/mol. The number of nitrogens with zero attached hydrogens (tertiary/aromatic N) is 5. The van der Waals surface area contributed by atoms with Gasteiger partial charge < -0.3 is 23.8 Å². The lowest BCUT2D eigenvalue weighted by molar-refractivity contribution is -0.0249. The standard InChI is InChI=1S/C23H27N5O4/c1-15-18(13-27(2)3)21(26-32-15)23(29)28-11-12-31-19(14-28)22-20(24-9-10-25-22)16-5-7-17(30-4)8-6-16/h5-10,19H,11-14H2,1-4H3. The maximum Gasteiger partial charge on any atom is 0.276 e. The van der Waals surface area contributed by atoms with Crippen LogP contribution in [0, 0.1) is 6.92 Å². The zero-order valence-corrected chi connectivity index (χ0v) is 18.7. The molecule has 0 bridgehead atoms. The molecule has 1 amide bonds. The van der Waals surface area contributed by atoms with Crippen LogP contribution in [0.3, 0.4) is 0 Å². The third kappa shape index (κ3) is 4.49. The summed E-state index contributed by atoms with van der Waals surface area (Å²) in [4.78, 5) is 26.1. The topological polar surface area (TPSA) is 93.8 Å². The van der Waals surface area contributed by atoms with E-state index in [-0.39, 0.29) is 5.91 Å². The smallest absolute Gasteiger partial charge is 0.276 e. The SMILES string of the molecule is COc1ccc(-c2nccnc2C2CN(C(=O)c3noc(C)c3CN(C)C)CCO2)cc1. The largest absolute Gasteiger partial charge is 0.497 e. The van der Waals surface area contributed by atoms with Crippen molar-refractivity contribution in [2.75, 3.05) is 40.9 Å². The number of carbonyl (C=O) groups is 1.